The van der Waals surface area contributed by atoms with Gasteiger partial charge in [-0.1, -0.05) is 0 Å². The van der Waals surface area contributed by atoms with Crippen molar-refractivity contribution in [2.24, 2.45) is 0 Å². The molecule has 3 heteroatoms. The van der Waals surface area contributed by atoms with E-state index in [1.165, 1.54) is 15.9 Å². The Hall–Kier alpha value is -2.11. The van der Waals surface area contributed by atoms with Crippen LogP contribution in [-0.2, 0) is 6.16 Å². The third-order valence-corrected chi connectivity index (χ3v) is 10.9. The van der Waals surface area contributed by atoms with Gasteiger partial charge in [-0.05, 0) is 0 Å². The second-order valence-electron chi connectivity index (χ2n) is 6.88. The molecule has 0 heterocycles. The van der Waals surface area contributed by atoms with E-state index in [2.05, 4.69) is 91.0 Å². The Morgan fingerprint density at radius 2 is 0.821 bits per heavy atom. The van der Waals surface area contributed by atoms with Crippen LogP contribution in [0.3, 0.4) is 0 Å². The van der Waals surface area contributed by atoms with Gasteiger partial charge in [0, 0.05) is 0 Å². The molecule has 0 saturated heterocycles. The molecule has 0 aliphatic heterocycles. The molecule has 28 heavy (non-hydrogen) atoms. The summed E-state index contributed by atoms with van der Waals surface area (Å²) < 4.78 is 0. The number of rotatable bonds is 5. The Morgan fingerprint density at radius 3 is 1.18 bits per heavy atom. The van der Waals surface area contributed by atoms with Crippen LogP contribution < -0.4 is 15.9 Å². The van der Waals surface area contributed by atoms with Crippen LogP contribution in [0.25, 0.3) is 0 Å². The SMILES string of the molecule is Clc1cccc(Cl)c1C[PH](c1ccccc1)(c1ccccc1)c1ccccc1. The van der Waals surface area contributed by atoms with Crippen LogP contribution in [0.1, 0.15) is 5.56 Å². The molecule has 0 N–H and O–H groups in total. The minimum absolute atomic E-state index is 0.729. The summed E-state index contributed by atoms with van der Waals surface area (Å²) in [6.07, 6.45) is 0.809. The standard InChI is InChI=1S/C25H21Cl2P/c26-24-17-10-18-25(27)23(24)19-28(20-11-4-1-5-12-20,21-13-6-2-7-14-21)22-15-8-3-9-16-22/h1-18,28H,19H2. The molecular weight excluding hydrogens is 402 g/mol. The number of halogens is 2. The normalized spacial score (nSPS) is 11.9. The van der Waals surface area contributed by atoms with E-state index in [0.29, 0.717) is 0 Å². The fourth-order valence-electron chi connectivity index (χ4n) is 3.94. The Bertz CT molecular complexity index is 931. The molecule has 0 aromatic heterocycles. The van der Waals surface area contributed by atoms with Gasteiger partial charge in [0.05, 0.1) is 0 Å². The number of hydrogen-bond donors (Lipinski definition) is 0. The van der Waals surface area contributed by atoms with E-state index in [4.69, 9.17) is 23.2 Å². The Kier molecular flexibility index (Phi) is 5.83. The third kappa shape index (κ3) is 3.61. The van der Waals surface area contributed by atoms with Crippen molar-refractivity contribution >= 4 is 46.4 Å². The van der Waals surface area contributed by atoms with Crippen LogP contribution in [0, 0.1) is 0 Å². The first-order valence-corrected chi connectivity index (χ1v) is 12.3. The van der Waals surface area contributed by atoms with Crippen LogP contribution in [0.4, 0.5) is 0 Å². The fourth-order valence-corrected chi connectivity index (χ4v) is 9.50. The zero-order chi connectivity index (χ0) is 19.4. The molecule has 4 rings (SSSR count). The average molecular weight is 423 g/mol. The number of hydrogen-bond acceptors (Lipinski definition) is 0. The molecular formula is C25H21Cl2P. The maximum absolute atomic E-state index is 6.64. The van der Waals surface area contributed by atoms with Crippen molar-refractivity contribution in [2.45, 2.75) is 6.16 Å². The minimum atomic E-state index is -2.40. The summed E-state index contributed by atoms with van der Waals surface area (Å²) in [5, 5.41) is 5.51. The summed E-state index contributed by atoms with van der Waals surface area (Å²) in [5.41, 5.74) is 1.02. The van der Waals surface area contributed by atoms with Crippen LogP contribution in [0.15, 0.2) is 109 Å². The van der Waals surface area contributed by atoms with Gasteiger partial charge in [-0.15, -0.1) is 0 Å². The second-order valence-corrected chi connectivity index (χ2v) is 11.6. The molecule has 0 aliphatic rings. The monoisotopic (exact) mass is 422 g/mol. The van der Waals surface area contributed by atoms with E-state index in [9.17, 15) is 0 Å². The van der Waals surface area contributed by atoms with Crippen molar-refractivity contribution in [3.8, 4) is 0 Å². The predicted octanol–water partition coefficient (Wildman–Crippen LogP) is 6.22. The van der Waals surface area contributed by atoms with Gasteiger partial charge < -0.3 is 0 Å². The molecule has 0 aliphatic carbocycles. The van der Waals surface area contributed by atoms with E-state index in [0.717, 1.165) is 21.8 Å². The molecule has 140 valence electrons. The van der Waals surface area contributed by atoms with Gasteiger partial charge in [0.2, 0.25) is 0 Å². The van der Waals surface area contributed by atoms with Crippen LogP contribution in [0.2, 0.25) is 10.0 Å². The first-order chi connectivity index (χ1) is 13.7. The van der Waals surface area contributed by atoms with Gasteiger partial charge in [0.15, 0.2) is 0 Å². The Balaban J connectivity index is 2.04. The van der Waals surface area contributed by atoms with Crippen LogP contribution in [0.5, 0.6) is 0 Å². The van der Waals surface area contributed by atoms with E-state index in [-0.39, 0.29) is 0 Å². The van der Waals surface area contributed by atoms with Crippen molar-refractivity contribution in [2.75, 3.05) is 0 Å². The molecule has 0 spiro atoms. The van der Waals surface area contributed by atoms with E-state index < -0.39 is 7.26 Å². The summed E-state index contributed by atoms with van der Waals surface area (Å²) in [6.45, 7) is 0. The molecule has 0 fully saturated rings. The summed E-state index contributed by atoms with van der Waals surface area (Å²) in [6, 6.07) is 38.2. The number of benzene rings is 4. The summed E-state index contributed by atoms with van der Waals surface area (Å²) in [4.78, 5) is 0. The van der Waals surface area contributed by atoms with Gasteiger partial charge >= 0.3 is 177 Å². The Labute approximate surface area is 177 Å². The molecule has 0 unspecified atom stereocenters. The van der Waals surface area contributed by atoms with Gasteiger partial charge in [0.1, 0.15) is 0 Å². The molecule has 4 aromatic carbocycles. The first kappa shape index (κ1) is 19.2. The fraction of sp³-hybridized carbons (Fsp3) is 0.0400. The summed E-state index contributed by atoms with van der Waals surface area (Å²) in [5.74, 6) is 0. The van der Waals surface area contributed by atoms with E-state index >= 15 is 0 Å². The van der Waals surface area contributed by atoms with Gasteiger partial charge in [-0.2, -0.15) is 0 Å². The van der Waals surface area contributed by atoms with Crippen molar-refractivity contribution in [1.29, 1.82) is 0 Å². The molecule has 0 amide bonds. The van der Waals surface area contributed by atoms with Crippen LogP contribution >= 0.6 is 30.5 Å². The molecule has 0 atom stereocenters. The first-order valence-electron chi connectivity index (χ1n) is 9.31. The molecule has 4 aromatic rings. The topological polar surface area (TPSA) is 0 Å². The van der Waals surface area contributed by atoms with Crippen molar-refractivity contribution in [3.63, 3.8) is 0 Å². The summed E-state index contributed by atoms with van der Waals surface area (Å²) in [7, 11) is -2.40. The van der Waals surface area contributed by atoms with Gasteiger partial charge in [-0.25, -0.2) is 0 Å². The Morgan fingerprint density at radius 1 is 0.464 bits per heavy atom. The van der Waals surface area contributed by atoms with Gasteiger partial charge in [0.25, 0.3) is 0 Å². The maximum atomic E-state index is 6.64. The molecule has 0 nitrogen and oxygen atoms in total. The van der Waals surface area contributed by atoms with Crippen molar-refractivity contribution < 1.29 is 0 Å². The second kappa shape index (κ2) is 8.50. The van der Waals surface area contributed by atoms with Gasteiger partial charge in [-0.3, -0.25) is 0 Å². The van der Waals surface area contributed by atoms with Crippen molar-refractivity contribution in [3.05, 3.63) is 125 Å². The van der Waals surface area contributed by atoms with Crippen LogP contribution in [-0.4, -0.2) is 0 Å². The average Bonchev–Trinajstić information content (AvgIpc) is 2.76. The summed E-state index contributed by atoms with van der Waals surface area (Å²) >= 11 is 13.3. The van der Waals surface area contributed by atoms with Crippen molar-refractivity contribution in [1.82, 2.24) is 0 Å². The quantitative estimate of drug-likeness (QED) is 0.335. The molecule has 0 radical (unpaired) electrons. The zero-order valence-corrected chi connectivity index (χ0v) is 17.9. The zero-order valence-electron chi connectivity index (χ0n) is 15.4. The molecule has 0 bridgehead atoms. The third-order valence-electron chi connectivity index (χ3n) is 5.30. The predicted molar refractivity (Wildman–Crippen MR) is 127 cm³/mol. The molecule has 0 saturated carbocycles. The van der Waals surface area contributed by atoms with E-state index in [1.54, 1.807) is 0 Å². The van der Waals surface area contributed by atoms with E-state index in [1.807, 2.05) is 18.2 Å².